The van der Waals surface area contributed by atoms with Gasteiger partial charge in [0, 0.05) is 18.8 Å². The van der Waals surface area contributed by atoms with E-state index in [-0.39, 0.29) is 23.0 Å². The molecule has 5 atom stereocenters. The zero-order valence-electron chi connectivity index (χ0n) is 17.8. The first-order chi connectivity index (χ1) is 16.6. The summed E-state index contributed by atoms with van der Waals surface area (Å²) in [7, 11) is -10.7. The number of halogens is 3. The second-order valence-electron chi connectivity index (χ2n) is 7.49. The lowest BCUT2D eigenvalue weighted by molar-refractivity contribution is -0.0549. The summed E-state index contributed by atoms with van der Waals surface area (Å²) in [4.78, 5) is 52.1. The van der Waals surface area contributed by atoms with Crippen LogP contribution in [-0.4, -0.2) is 58.9 Å². The molecule has 1 aromatic carbocycles. The van der Waals surface area contributed by atoms with Crippen molar-refractivity contribution in [2.24, 2.45) is 0 Å². The largest absolute Gasteiger partial charge is 0.481 e. The molecule has 200 valence electrons. The van der Waals surface area contributed by atoms with Crippen molar-refractivity contribution in [1.82, 2.24) is 9.13 Å². The highest BCUT2D eigenvalue weighted by atomic mass is 79.9. The molecular formula is C17H19BrF2N2O12P2. The summed E-state index contributed by atoms with van der Waals surface area (Å²) < 4.78 is 64.0. The number of aliphatic hydroxyl groups is 2. The molecule has 0 radical (unpaired) electrons. The number of benzene rings is 1. The number of aromatic nitrogens is 2. The quantitative estimate of drug-likeness (QED) is 0.237. The van der Waals surface area contributed by atoms with E-state index in [0.717, 1.165) is 22.9 Å². The molecule has 1 fully saturated rings. The molecule has 0 saturated carbocycles. The lowest BCUT2D eigenvalue weighted by Gasteiger charge is -2.19. The smallest absolute Gasteiger partial charge is 0.387 e. The van der Waals surface area contributed by atoms with Gasteiger partial charge in [0.05, 0.1) is 11.1 Å². The number of phosphoric acid groups is 2. The van der Waals surface area contributed by atoms with Crippen LogP contribution >= 0.6 is 31.6 Å². The van der Waals surface area contributed by atoms with Gasteiger partial charge in [-0.25, -0.2) is 22.7 Å². The molecule has 14 nitrogen and oxygen atoms in total. The Labute approximate surface area is 208 Å². The monoisotopic (exact) mass is 622 g/mol. The van der Waals surface area contributed by atoms with Crippen LogP contribution in [0.1, 0.15) is 11.8 Å². The van der Waals surface area contributed by atoms with Crippen LogP contribution < -0.4 is 11.2 Å². The van der Waals surface area contributed by atoms with E-state index in [1.54, 1.807) is 0 Å². The molecule has 0 bridgehead atoms. The fraction of sp³-hybridized carbons (Fsp3) is 0.412. The van der Waals surface area contributed by atoms with Gasteiger partial charge in [0.15, 0.2) is 6.23 Å². The number of hydrogen-bond acceptors (Lipinski definition) is 9. The van der Waals surface area contributed by atoms with E-state index in [0.29, 0.717) is 10.6 Å². The van der Waals surface area contributed by atoms with Gasteiger partial charge in [-0.1, -0.05) is 6.07 Å². The fourth-order valence-electron chi connectivity index (χ4n) is 3.35. The van der Waals surface area contributed by atoms with Gasteiger partial charge >= 0.3 is 21.3 Å². The van der Waals surface area contributed by atoms with Crippen LogP contribution in [0.5, 0.6) is 0 Å². The SMILES string of the molecule is O=c1c(Br)cn([C@@H]2O[C@H](COP(=O)(O)OP(=O)(O)O)[C@H](O)[C@@H]2O)c(=O)n1CCc1ccc(F)cc1F. The number of nitrogens with zero attached hydrogens (tertiary/aromatic N) is 2. The van der Waals surface area contributed by atoms with E-state index >= 15 is 0 Å². The summed E-state index contributed by atoms with van der Waals surface area (Å²) in [6.07, 6.45) is -6.10. The molecule has 2 heterocycles. The third kappa shape index (κ3) is 6.82. The Balaban J connectivity index is 1.82. The summed E-state index contributed by atoms with van der Waals surface area (Å²) in [6, 6.07) is 2.79. The zero-order chi connectivity index (χ0) is 27.0. The van der Waals surface area contributed by atoms with Crippen molar-refractivity contribution >= 4 is 31.6 Å². The molecule has 0 amide bonds. The van der Waals surface area contributed by atoms with Crippen molar-refractivity contribution in [2.45, 2.75) is 37.5 Å². The summed E-state index contributed by atoms with van der Waals surface area (Å²) in [5.41, 5.74) is -1.84. The highest BCUT2D eigenvalue weighted by Crippen LogP contribution is 2.57. The van der Waals surface area contributed by atoms with Crippen molar-refractivity contribution in [3.8, 4) is 0 Å². The normalized spacial score (nSPS) is 24.1. The average Bonchev–Trinajstić information content (AvgIpc) is 3.03. The minimum Gasteiger partial charge on any atom is -0.387 e. The van der Waals surface area contributed by atoms with Gasteiger partial charge < -0.3 is 29.6 Å². The molecule has 1 unspecified atom stereocenters. The van der Waals surface area contributed by atoms with E-state index < -0.39 is 69.7 Å². The van der Waals surface area contributed by atoms with E-state index in [9.17, 15) is 42.6 Å². The molecule has 5 N–H and O–H groups in total. The van der Waals surface area contributed by atoms with Gasteiger partial charge in [0.25, 0.3) is 5.56 Å². The van der Waals surface area contributed by atoms with E-state index in [1.807, 2.05) is 0 Å². The second-order valence-corrected chi connectivity index (χ2v) is 11.2. The highest BCUT2D eigenvalue weighted by molar-refractivity contribution is 9.10. The Kier molecular flexibility index (Phi) is 8.85. The number of aliphatic hydroxyl groups excluding tert-OH is 2. The number of aryl methyl sites for hydroxylation is 1. The molecule has 1 aromatic heterocycles. The molecule has 3 rings (SSSR count). The molecular weight excluding hydrogens is 604 g/mol. The summed E-state index contributed by atoms with van der Waals surface area (Å²) in [5.74, 6) is -1.70. The fourth-order valence-corrected chi connectivity index (χ4v) is 5.38. The van der Waals surface area contributed by atoms with E-state index in [1.165, 1.54) is 0 Å². The molecule has 1 aliphatic heterocycles. The molecule has 1 aliphatic rings. The van der Waals surface area contributed by atoms with E-state index in [2.05, 4.69) is 24.8 Å². The zero-order valence-corrected chi connectivity index (χ0v) is 21.1. The van der Waals surface area contributed by atoms with Crippen molar-refractivity contribution in [2.75, 3.05) is 6.61 Å². The molecule has 36 heavy (non-hydrogen) atoms. The lowest BCUT2D eigenvalue weighted by Crippen LogP contribution is -2.44. The van der Waals surface area contributed by atoms with Gasteiger partial charge in [-0.2, -0.15) is 4.31 Å². The Morgan fingerprint density at radius 3 is 2.39 bits per heavy atom. The van der Waals surface area contributed by atoms with Gasteiger partial charge in [0.2, 0.25) is 0 Å². The summed E-state index contributed by atoms with van der Waals surface area (Å²) >= 11 is 2.96. The number of hydrogen-bond donors (Lipinski definition) is 5. The maximum absolute atomic E-state index is 13.9. The molecule has 0 spiro atoms. The van der Waals surface area contributed by atoms with Gasteiger partial charge in [-0.05, 0) is 34.0 Å². The minimum absolute atomic E-state index is 0.0185. The van der Waals surface area contributed by atoms with E-state index in [4.69, 9.17) is 14.5 Å². The number of phosphoric ester groups is 1. The molecule has 19 heteroatoms. The van der Waals surface area contributed by atoms with Crippen molar-refractivity contribution < 1.29 is 56.4 Å². The Morgan fingerprint density at radius 1 is 1.11 bits per heavy atom. The second kappa shape index (κ2) is 11.0. The molecule has 2 aromatic rings. The Bertz CT molecular complexity index is 1350. The van der Waals surface area contributed by atoms with Crippen molar-refractivity contribution in [3.63, 3.8) is 0 Å². The van der Waals surface area contributed by atoms with Gasteiger partial charge in [-0.15, -0.1) is 0 Å². The first kappa shape index (κ1) is 28.9. The number of rotatable bonds is 9. The van der Waals surface area contributed by atoms with Crippen LogP contribution in [0.3, 0.4) is 0 Å². The Hall–Kier alpha value is -1.62. The number of ether oxygens (including phenoxy) is 1. The summed E-state index contributed by atoms with van der Waals surface area (Å²) in [5, 5.41) is 20.6. The van der Waals surface area contributed by atoms with Crippen molar-refractivity contribution in [3.05, 3.63) is 66.9 Å². The first-order valence-corrected chi connectivity index (χ1v) is 13.6. The first-order valence-electron chi connectivity index (χ1n) is 9.81. The molecule has 1 saturated heterocycles. The van der Waals surface area contributed by atoms with Crippen molar-refractivity contribution in [1.29, 1.82) is 0 Å². The van der Waals surface area contributed by atoms with Crippen LogP contribution in [0.2, 0.25) is 0 Å². The predicted octanol–water partition coefficient (Wildman–Crippen LogP) is 0.139. The van der Waals surface area contributed by atoms with Crippen LogP contribution in [-0.2, 0) is 35.7 Å². The lowest BCUT2D eigenvalue weighted by atomic mass is 10.1. The topological polar surface area (TPSA) is 207 Å². The summed E-state index contributed by atoms with van der Waals surface area (Å²) in [6.45, 7) is -1.35. The standard InChI is InChI=1S/C17H19BrF2N2O12P2/c18-10-6-22(17(26)21(15(10)25)4-3-8-1-2-9(19)5-11(8)20)16-14(24)13(23)12(33-16)7-32-36(30,31)34-35(27,28)29/h1-2,5-6,12-14,16,23-24H,3-4,7H2,(H,30,31)(H2,27,28,29)/t12-,13+,14+,16-/m1/s1. The Morgan fingerprint density at radius 2 is 1.78 bits per heavy atom. The highest BCUT2D eigenvalue weighted by Gasteiger charge is 2.46. The third-order valence-electron chi connectivity index (χ3n) is 5.00. The minimum atomic E-state index is -5.41. The maximum Gasteiger partial charge on any atom is 0.481 e. The van der Waals surface area contributed by atoms with Crippen LogP contribution in [0.15, 0.2) is 38.5 Å². The van der Waals surface area contributed by atoms with Crippen LogP contribution in [0.25, 0.3) is 0 Å². The van der Waals surface area contributed by atoms with Gasteiger partial charge in [-0.3, -0.25) is 18.5 Å². The van der Waals surface area contributed by atoms with Crippen LogP contribution in [0.4, 0.5) is 8.78 Å². The van der Waals surface area contributed by atoms with Gasteiger partial charge in [0.1, 0.15) is 29.9 Å². The predicted molar refractivity (Wildman–Crippen MR) is 118 cm³/mol. The average molecular weight is 623 g/mol. The van der Waals surface area contributed by atoms with Crippen LogP contribution in [0, 0.1) is 11.6 Å². The molecule has 0 aliphatic carbocycles. The third-order valence-corrected chi connectivity index (χ3v) is 7.69. The maximum atomic E-state index is 13.9.